The van der Waals surface area contributed by atoms with Gasteiger partial charge in [0.25, 0.3) is 0 Å². The summed E-state index contributed by atoms with van der Waals surface area (Å²) in [5, 5.41) is 2.02. The smallest absolute Gasteiger partial charge is 0.234 e. The van der Waals surface area contributed by atoms with E-state index in [-0.39, 0.29) is 11.9 Å². The third-order valence-electron chi connectivity index (χ3n) is 3.11. The molecule has 4 nitrogen and oxygen atoms in total. The number of primary amides is 1. The van der Waals surface area contributed by atoms with E-state index in [2.05, 4.69) is 16.7 Å². The highest BCUT2D eigenvalue weighted by atomic mass is 32.1. The van der Waals surface area contributed by atoms with Gasteiger partial charge < -0.3 is 11.5 Å². The normalized spacial score (nSPS) is 19.5. The van der Waals surface area contributed by atoms with Crippen molar-refractivity contribution in [3.63, 3.8) is 0 Å². The van der Waals surface area contributed by atoms with Gasteiger partial charge in [-0.3, -0.25) is 9.69 Å². The molecule has 0 aliphatic carbocycles. The molecule has 1 saturated heterocycles. The van der Waals surface area contributed by atoms with Gasteiger partial charge in [-0.1, -0.05) is 11.8 Å². The number of rotatable bonds is 3. The van der Waals surface area contributed by atoms with Gasteiger partial charge in [-0.2, -0.15) is 0 Å². The molecule has 1 aliphatic heterocycles. The molecular formula is C13H17N3OS. The second-order valence-corrected chi connectivity index (χ2v) is 5.29. The summed E-state index contributed by atoms with van der Waals surface area (Å²) in [7, 11) is 0. The van der Waals surface area contributed by atoms with E-state index < -0.39 is 0 Å². The van der Waals surface area contributed by atoms with Crippen LogP contribution in [-0.2, 0) is 11.3 Å². The number of nitrogens with two attached hydrogens (primary N) is 2. The summed E-state index contributed by atoms with van der Waals surface area (Å²) in [5.74, 6) is 5.70. The van der Waals surface area contributed by atoms with E-state index in [9.17, 15) is 4.79 Å². The standard InChI is InChI=1S/C13H17N3OS/c14-6-1-3-10-5-8-18-12(10)9-16-7-2-4-11(16)13(15)17/h5,8,11H,2,4,6-7,9,14H2,(H2,15,17). The van der Waals surface area contributed by atoms with Crippen molar-refractivity contribution in [3.05, 3.63) is 21.9 Å². The molecule has 1 aliphatic rings. The zero-order valence-electron chi connectivity index (χ0n) is 10.2. The molecule has 0 saturated carbocycles. The van der Waals surface area contributed by atoms with Gasteiger partial charge in [0, 0.05) is 17.0 Å². The maximum absolute atomic E-state index is 11.3. The van der Waals surface area contributed by atoms with Crippen LogP contribution in [0.25, 0.3) is 0 Å². The summed E-state index contributed by atoms with van der Waals surface area (Å²) in [6.45, 7) is 2.04. The lowest BCUT2D eigenvalue weighted by Crippen LogP contribution is -2.39. The third-order valence-corrected chi connectivity index (χ3v) is 4.02. The Morgan fingerprint density at radius 3 is 3.17 bits per heavy atom. The molecule has 0 radical (unpaired) electrons. The van der Waals surface area contributed by atoms with Gasteiger partial charge in [-0.25, -0.2) is 0 Å². The van der Waals surface area contributed by atoms with Gasteiger partial charge in [-0.05, 0) is 30.8 Å². The molecule has 1 fully saturated rings. The molecule has 0 aromatic carbocycles. The Morgan fingerprint density at radius 1 is 1.61 bits per heavy atom. The molecule has 96 valence electrons. The summed E-state index contributed by atoms with van der Waals surface area (Å²) >= 11 is 1.66. The zero-order chi connectivity index (χ0) is 13.0. The lowest BCUT2D eigenvalue weighted by atomic mass is 10.2. The van der Waals surface area contributed by atoms with Crippen LogP contribution in [-0.4, -0.2) is 29.9 Å². The predicted octanol–water partition coefficient (Wildman–Crippen LogP) is 0.508. The number of amides is 1. The molecule has 18 heavy (non-hydrogen) atoms. The SMILES string of the molecule is NCC#Cc1ccsc1CN1CCCC1C(N)=O. The van der Waals surface area contributed by atoms with E-state index in [1.165, 1.54) is 4.88 Å². The molecular weight excluding hydrogens is 246 g/mol. The van der Waals surface area contributed by atoms with Crippen LogP contribution in [0.4, 0.5) is 0 Å². The Hall–Kier alpha value is -1.35. The van der Waals surface area contributed by atoms with E-state index in [0.29, 0.717) is 6.54 Å². The van der Waals surface area contributed by atoms with Crippen molar-refractivity contribution >= 4 is 17.2 Å². The summed E-state index contributed by atoms with van der Waals surface area (Å²) in [6, 6.07) is 1.88. The van der Waals surface area contributed by atoms with Crippen LogP contribution >= 0.6 is 11.3 Å². The highest BCUT2D eigenvalue weighted by molar-refractivity contribution is 7.10. The summed E-state index contributed by atoms with van der Waals surface area (Å²) in [6.07, 6.45) is 1.90. The lowest BCUT2D eigenvalue weighted by Gasteiger charge is -2.21. The van der Waals surface area contributed by atoms with Crippen LogP contribution in [0.3, 0.4) is 0 Å². The van der Waals surface area contributed by atoms with Crippen LogP contribution in [0.15, 0.2) is 11.4 Å². The quantitative estimate of drug-likeness (QED) is 0.780. The van der Waals surface area contributed by atoms with Crippen LogP contribution in [0.2, 0.25) is 0 Å². The first-order valence-corrected chi connectivity index (χ1v) is 6.89. The van der Waals surface area contributed by atoms with Crippen molar-refractivity contribution in [1.29, 1.82) is 0 Å². The van der Waals surface area contributed by atoms with E-state index >= 15 is 0 Å². The minimum Gasteiger partial charge on any atom is -0.368 e. The number of hydrogen-bond acceptors (Lipinski definition) is 4. The maximum atomic E-state index is 11.3. The number of nitrogens with zero attached hydrogens (tertiary/aromatic N) is 1. The van der Waals surface area contributed by atoms with Gasteiger partial charge in [0.05, 0.1) is 12.6 Å². The average Bonchev–Trinajstić information content (AvgIpc) is 2.96. The monoisotopic (exact) mass is 263 g/mol. The topological polar surface area (TPSA) is 72.3 Å². The second-order valence-electron chi connectivity index (χ2n) is 4.29. The van der Waals surface area contributed by atoms with Crippen LogP contribution in [0.1, 0.15) is 23.3 Å². The second kappa shape index (κ2) is 6.01. The molecule has 1 amide bonds. The van der Waals surface area contributed by atoms with Crippen LogP contribution in [0.5, 0.6) is 0 Å². The number of thiophene rings is 1. The molecule has 5 heteroatoms. The number of likely N-dealkylation sites (tertiary alicyclic amines) is 1. The molecule has 2 heterocycles. The summed E-state index contributed by atoms with van der Waals surface area (Å²) in [4.78, 5) is 14.7. The number of hydrogen-bond donors (Lipinski definition) is 2. The van der Waals surface area contributed by atoms with Gasteiger partial charge in [0.15, 0.2) is 0 Å². The molecule has 0 spiro atoms. The van der Waals surface area contributed by atoms with Crippen molar-refractivity contribution in [1.82, 2.24) is 4.90 Å². The average molecular weight is 263 g/mol. The van der Waals surface area contributed by atoms with E-state index in [1.807, 2.05) is 11.4 Å². The molecule has 1 unspecified atom stereocenters. The Labute approximate surface area is 111 Å². The first-order valence-electron chi connectivity index (χ1n) is 6.01. The zero-order valence-corrected chi connectivity index (χ0v) is 11.0. The van der Waals surface area contributed by atoms with Gasteiger partial charge in [0.1, 0.15) is 0 Å². The van der Waals surface area contributed by atoms with Crippen molar-refractivity contribution in [2.24, 2.45) is 11.5 Å². The van der Waals surface area contributed by atoms with Gasteiger partial charge in [-0.15, -0.1) is 11.3 Å². The molecule has 2 rings (SSSR count). The van der Waals surface area contributed by atoms with Gasteiger partial charge in [0.2, 0.25) is 5.91 Å². The Bertz CT molecular complexity index is 486. The first-order chi connectivity index (χ1) is 8.72. The highest BCUT2D eigenvalue weighted by Crippen LogP contribution is 2.24. The summed E-state index contributed by atoms with van der Waals surface area (Å²) < 4.78 is 0. The highest BCUT2D eigenvalue weighted by Gasteiger charge is 2.29. The first kappa shape index (κ1) is 13.1. The number of carbonyl (C=O) groups excluding carboxylic acids is 1. The Morgan fingerprint density at radius 2 is 2.44 bits per heavy atom. The fraction of sp³-hybridized carbons (Fsp3) is 0.462. The van der Waals surface area contributed by atoms with Crippen LogP contribution < -0.4 is 11.5 Å². The molecule has 1 atom stereocenters. The van der Waals surface area contributed by atoms with Gasteiger partial charge >= 0.3 is 0 Å². The van der Waals surface area contributed by atoms with Crippen LogP contribution in [0, 0.1) is 11.8 Å². The predicted molar refractivity (Wildman–Crippen MR) is 72.9 cm³/mol. The summed E-state index contributed by atoms with van der Waals surface area (Å²) in [5.41, 5.74) is 11.8. The Kier molecular flexibility index (Phi) is 4.37. The van der Waals surface area contributed by atoms with Crippen molar-refractivity contribution < 1.29 is 4.79 Å². The fourth-order valence-corrected chi connectivity index (χ4v) is 3.10. The molecule has 0 bridgehead atoms. The largest absolute Gasteiger partial charge is 0.368 e. The minimum atomic E-state index is -0.223. The van der Waals surface area contributed by atoms with Crippen molar-refractivity contribution in [3.8, 4) is 11.8 Å². The Balaban J connectivity index is 2.09. The molecule has 1 aromatic heterocycles. The van der Waals surface area contributed by atoms with Crippen molar-refractivity contribution in [2.45, 2.75) is 25.4 Å². The van der Waals surface area contributed by atoms with Crippen molar-refractivity contribution in [2.75, 3.05) is 13.1 Å². The van der Waals surface area contributed by atoms with E-state index in [1.54, 1.807) is 11.3 Å². The number of carbonyl (C=O) groups is 1. The fourth-order valence-electron chi connectivity index (χ4n) is 2.24. The lowest BCUT2D eigenvalue weighted by molar-refractivity contribution is -0.122. The van der Waals surface area contributed by atoms with E-state index in [4.69, 9.17) is 11.5 Å². The van der Waals surface area contributed by atoms with E-state index in [0.717, 1.165) is 31.5 Å². The molecule has 1 aromatic rings. The molecule has 4 N–H and O–H groups in total. The third kappa shape index (κ3) is 2.91. The minimum absolute atomic E-state index is 0.123. The maximum Gasteiger partial charge on any atom is 0.234 e.